The first-order valence-corrected chi connectivity index (χ1v) is 9.14. The van der Waals surface area contributed by atoms with E-state index in [-0.39, 0.29) is 28.4 Å². The van der Waals surface area contributed by atoms with Gasteiger partial charge in [0, 0.05) is 17.7 Å². The Morgan fingerprint density at radius 3 is 2.44 bits per heavy atom. The number of benzene rings is 1. The zero-order chi connectivity index (χ0) is 19.6. The minimum Gasteiger partial charge on any atom is -0.301 e. The Morgan fingerprint density at radius 2 is 1.81 bits per heavy atom. The standard InChI is InChI=1S/C18H16F3N3O2S/c1-16(2)8-11-13(12(25)9-16)27-15-23-17(18(19,20)21,22-14(26)24(11)15)10-6-4-3-5-7-10/h3-7H,8-9H2,1-2H3,(H,22,26)/t17-/m0/s1. The molecule has 1 aromatic carbocycles. The Morgan fingerprint density at radius 1 is 1.15 bits per heavy atom. The quantitative estimate of drug-likeness (QED) is 0.778. The molecule has 0 bridgehead atoms. The molecule has 1 atom stereocenters. The summed E-state index contributed by atoms with van der Waals surface area (Å²) in [5.41, 5.74) is -3.00. The smallest absolute Gasteiger partial charge is 0.301 e. The molecule has 0 unspecified atom stereocenters. The lowest BCUT2D eigenvalue weighted by atomic mass is 9.78. The van der Waals surface area contributed by atoms with E-state index in [1.807, 2.05) is 19.2 Å². The number of urea groups is 1. The highest BCUT2D eigenvalue weighted by Crippen LogP contribution is 2.51. The minimum atomic E-state index is -4.85. The van der Waals surface area contributed by atoms with Gasteiger partial charge in [-0.25, -0.2) is 14.7 Å². The molecule has 2 heterocycles. The van der Waals surface area contributed by atoms with Crippen molar-refractivity contribution in [3.8, 4) is 0 Å². The number of alkyl halides is 3. The van der Waals surface area contributed by atoms with E-state index in [1.54, 1.807) is 6.07 Å². The highest BCUT2D eigenvalue weighted by molar-refractivity contribution is 8.18. The van der Waals surface area contributed by atoms with Crippen molar-refractivity contribution >= 4 is 28.7 Å². The molecule has 0 spiro atoms. The Kier molecular flexibility index (Phi) is 3.76. The van der Waals surface area contributed by atoms with Crippen LogP contribution >= 0.6 is 11.8 Å². The van der Waals surface area contributed by atoms with E-state index in [4.69, 9.17) is 0 Å². The third-order valence-electron chi connectivity index (χ3n) is 4.81. The molecule has 27 heavy (non-hydrogen) atoms. The average Bonchev–Trinajstić information content (AvgIpc) is 2.92. The van der Waals surface area contributed by atoms with E-state index in [0.29, 0.717) is 17.0 Å². The van der Waals surface area contributed by atoms with Gasteiger partial charge in [-0.05, 0) is 23.6 Å². The van der Waals surface area contributed by atoms with Crippen molar-refractivity contribution in [2.45, 2.75) is 38.5 Å². The van der Waals surface area contributed by atoms with Gasteiger partial charge in [0.1, 0.15) is 0 Å². The van der Waals surface area contributed by atoms with Gasteiger partial charge in [-0.1, -0.05) is 44.2 Å². The number of allylic oxidation sites excluding steroid dienone is 2. The summed E-state index contributed by atoms with van der Waals surface area (Å²) in [5.74, 6) is -0.173. The number of rotatable bonds is 1. The van der Waals surface area contributed by atoms with Crippen LogP contribution in [0.5, 0.6) is 0 Å². The van der Waals surface area contributed by atoms with E-state index in [0.717, 1.165) is 16.7 Å². The number of hydrogen-bond donors (Lipinski definition) is 1. The van der Waals surface area contributed by atoms with Gasteiger partial charge in [-0.15, -0.1) is 0 Å². The molecule has 1 N–H and O–H groups in total. The molecule has 9 heteroatoms. The molecule has 5 nitrogen and oxygen atoms in total. The second-order valence-corrected chi connectivity index (χ2v) is 8.53. The summed E-state index contributed by atoms with van der Waals surface area (Å²) in [5, 5.41) is 1.93. The molecule has 1 aliphatic carbocycles. The Hall–Kier alpha value is -2.29. The number of halogens is 3. The van der Waals surface area contributed by atoms with E-state index in [2.05, 4.69) is 4.99 Å². The third kappa shape index (κ3) is 2.67. The maximum atomic E-state index is 14.1. The third-order valence-corrected chi connectivity index (χ3v) is 5.93. The minimum absolute atomic E-state index is 0.115. The van der Waals surface area contributed by atoms with Crippen molar-refractivity contribution in [1.29, 1.82) is 0 Å². The summed E-state index contributed by atoms with van der Waals surface area (Å²) in [6, 6.07) is 6.12. The van der Waals surface area contributed by atoms with E-state index >= 15 is 0 Å². The SMILES string of the molecule is CC1(C)CC(=O)C2=C(C1)N1C(=O)N[C@](c3ccccc3)(C(F)(F)F)N=C1S2. The normalized spacial score (nSPS) is 27.1. The molecular formula is C18H16F3N3O2S. The molecule has 142 valence electrons. The summed E-state index contributed by atoms with van der Waals surface area (Å²) in [6.07, 6.45) is -4.15. The molecule has 2 aliphatic heterocycles. The molecule has 0 radical (unpaired) electrons. The van der Waals surface area contributed by atoms with Crippen LogP contribution in [-0.2, 0) is 10.5 Å². The lowest BCUT2D eigenvalue weighted by Crippen LogP contribution is -2.62. The maximum Gasteiger partial charge on any atom is 0.436 e. The first kappa shape index (κ1) is 18.1. The van der Waals surface area contributed by atoms with Crippen LogP contribution in [0, 0.1) is 5.41 Å². The van der Waals surface area contributed by atoms with Crippen molar-refractivity contribution in [3.63, 3.8) is 0 Å². The first-order valence-electron chi connectivity index (χ1n) is 8.33. The summed E-state index contributed by atoms with van der Waals surface area (Å²) < 4.78 is 42.2. The topological polar surface area (TPSA) is 61.8 Å². The maximum absolute atomic E-state index is 14.1. The van der Waals surface area contributed by atoms with Crippen LogP contribution in [0.1, 0.15) is 32.3 Å². The fourth-order valence-electron chi connectivity index (χ4n) is 3.60. The highest BCUT2D eigenvalue weighted by atomic mass is 32.2. The molecular weight excluding hydrogens is 379 g/mol. The fraction of sp³-hybridized carbons (Fsp3) is 0.389. The fourth-order valence-corrected chi connectivity index (χ4v) is 4.72. The molecule has 0 saturated carbocycles. The van der Waals surface area contributed by atoms with Crippen molar-refractivity contribution in [1.82, 2.24) is 10.2 Å². The number of amides is 2. The number of ketones is 1. The van der Waals surface area contributed by atoms with Gasteiger partial charge < -0.3 is 5.32 Å². The van der Waals surface area contributed by atoms with Crippen molar-refractivity contribution in [3.05, 3.63) is 46.5 Å². The predicted molar refractivity (Wildman–Crippen MR) is 94.6 cm³/mol. The van der Waals surface area contributed by atoms with Crippen LogP contribution in [0.4, 0.5) is 18.0 Å². The Balaban J connectivity index is 1.85. The second-order valence-electron chi connectivity index (χ2n) is 7.55. The van der Waals surface area contributed by atoms with Crippen LogP contribution in [0.3, 0.4) is 0 Å². The zero-order valence-corrected chi connectivity index (χ0v) is 15.4. The van der Waals surface area contributed by atoms with E-state index in [1.165, 1.54) is 24.3 Å². The first-order chi connectivity index (χ1) is 12.5. The number of aliphatic imine (C=N–C) groups is 1. The highest BCUT2D eigenvalue weighted by Gasteiger charge is 2.62. The number of hydrogen-bond acceptors (Lipinski definition) is 4. The number of amidine groups is 1. The van der Waals surface area contributed by atoms with Gasteiger partial charge in [0.2, 0.25) is 0 Å². The van der Waals surface area contributed by atoms with Gasteiger partial charge in [0.25, 0.3) is 5.66 Å². The van der Waals surface area contributed by atoms with Crippen molar-refractivity contribution in [2.75, 3.05) is 0 Å². The molecule has 0 saturated heterocycles. The van der Waals surface area contributed by atoms with Crippen LogP contribution in [0.15, 0.2) is 45.9 Å². The van der Waals surface area contributed by atoms with Crippen molar-refractivity contribution in [2.24, 2.45) is 10.4 Å². The number of carbonyl (C=O) groups excluding carboxylic acids is 2. The van der Waals surface area contributed by atoms with E-state index in [9.17, 15) is 22.8 Å². The monoisotopic (exact) mass is 395 g/mol. The zero-order valence-electron chi connectivity index (χ0n) is 14.6. The lowest BCUT2D eigenvalue weighted by Gasteiger charge is -2.40. The number of thioether (sulfide) groups is 1. The van der Waals surface area contributed by atoms with Crippen LogP contribution < -0.4 is 5.32 Å². The van der Waals surface area contributed by atoms with Gasteiger partial charge in [0.15, 0.2) is 11.0 Å². The van der Waals surface area contributed by atoms with Gasteiger partial charge in [0.05, 0.1) is 4.91 Å². The largest absolute Gasteiger partial charge is 0.436 e. The second kappa shape index (κ2) is 5.60. The number of Topliss-reactive ketones (excluding diaryl/α,β-unsaturated/α-hetero) is 1. The van der Waals surface area contributed by atoms with Gasteiger partial charge in [-0.3, -0.25) is 4.79 Å². The average molecular weight is 395 g/mol. The van der Waals surface area contributed by atoms with Gasteiger partial charge in [-0.2, -0.15) is 13.2 Å². The molecule has 1 aromatic rings. The summed E-state index contributed by atoms with van der Waals surface area (Å²) in [7, 11) is 0. The van der Waals surface area contributed by atoms with Crippen LogP contribution in [-0.4, -0.2) is 28.1 Å². The molecule has 4 rings (SSSR count). The summed E-state index contributed by atoms with van der Waals surface area (Å²) in [4.78, 5) is 30.6. The van der Waals surface area contributed by atoms with Crippen LogP contribution in [0.2, 0.25) is 0 Å². The lowest BCUT2D eigenvalue weighted by molar-refractivity contribution is -0.196. The molecule has 2 amide bonds. The number of fused-ring (bicyclic) bond motifs is 2. The molecule has 3 aliphatic rings. The van der Waals surface area contributed by atoms with Gasteiger partial charge >= 0.3 is 12.2 Å². The predicted octanol–water partition coefficient (Wildman–Crippen LogP) is 4.13. The molecule has 0 fully saturated rings. The Labute approximate surface area is 157 Å². The Bertz CT molecular complexity index is 908. The summed E-state index contributed by atoms with van der Waals surface area (Å²) in [6.45, 7) is 3.78. The van der Waals surface area contributed by atoms with Crippen LogP contribution in [0.25, 0.3) is 0 Å². The van der Waals surface area contributed by atoms with Crippen molar-refractivity contribution < 1.29 is 22.8 Å². The number of carbonyl (C=O) groups is 2. The molecule has 0 aromatic heterocycles. The van der Waals surface area contributed by atoms with E-state index < -0.39 is 17.9 Å². The summed E-state index contributed by atoms with van der Waals surface area (Å²) >= 11 is 0.849. The number of nitrogens with zero attached hydrogens (tertiary/aromatic N) is 2. The number of nitrogens with one attached hydrogen (secondary N) is 1.